The van der Waals surface area contributed by atoms with Crippen LogP contribution in [0.4, 0.5) is 0 Å². The van der Waals surface area contributed by atoms with E-state index in [2.05, 4.69) is 5.32 Å². The first kappa shape index (κ1) is 20.1. The highest BCUT2D eigenvalue weighted by atomic mass is 16.7. The fourth-order valence-corrected chi connectivity index (χ4v) is 4.27. The van der Waals surface area contributed by atoms with Crippen LogP contribution in [0, 0.1) is 5.92 Å². The van der Waals surface area contributed by atoms with E-state index in [1.807, 2.05) is 78.9 Å². The van der Waals surface area contributed by atoms with Gasteiger partial charge in [0, 0.05) is 19.5 Å². The summed E-state index contributed by atoms with van der Waals surface area (Å²) in [5.41, 5.74) is 2.97. The number of carbonyl (C=O) groups is 2. The van der Waals surface area contributed by atoms with Gasteiger partial charge < -0.3 is 19.7 Å². The zero-order valence-electron chi connectivity index (χ0n) is 17.6. The number of rotatable bonds is 6. The van der Waals surface area contributed by atoms with Crippen LogP contribution in [-0.2, 0) is 16.1 Å². The Hall–Kier alpha value is -3.80. The van der Waals surface area contributed by atoms with Crippen LogP contribution in [-0.4, -0.2) is 30.1 Å². The van der Waals surface area contributed by atoms with Crippen molar-refractivity contribution in [1.29, 1.82) is 0 Å². The van der Waals surface area contributed by atoms with E-state index in [9.17, 15) is 9.59 Å². The second-order valence-electron chi connectivity index (χ2n) is 8.13. The van der Waals surface area contributed by atoms with Gasteiger partial charge in [0.1, 0.15) is 0 Å². The number of fused-ring (bicyclic) bond motifs is 1. The van der Waals surface area contributed by atoms with Crippen molar-refractivity contribution in [3.63, 3.8) is 0 Å². The van der Waals surface area contributed by atoms with E-state index in [4.69, 9.17) is 9.47 Å². The molecule has 1 atom stereocenters. The van der Waals surface area contributed by atoms with Crippen LogP contribution in [0.3, 0.4) is 0 Å². The first-order valence-corrected chi connectivity index (χ1v) is 10.7. The van der Waals surface area contributed by atoms with Crippen LogP contribution in [0.25, 0.3) is 0 Å². The molecule has 1 fully saturated rings. The van der Waals surface area contributed by atoms with Crippen LogP contribution >= 0.6 is 0 Å². The Balaban J connectivity index is 1.28. The number of nitrogens with one attached hydrogen (secondary N) is 1. The first-order valence-electron chi connectivity index (χ1n) is 10.7. The number of likely N-dealkylation sites (tertiary alicyclic amines) is 1. The highest BCUT2D eigenvalue weighted by Crippen LogP contribution is 2.33. The number of benzene rings is 3. The standard InChI is InChI=1S/C26H24N2O4/c29-24-14-21(16-28(24)15-18-11-12-22-23(13-18)32-17-31-22)26(30)27-25(19-7-3-1-4-8-19)20-9-5-2-6-10-20/h1-13,21,25H,14-17H2,(H,27,30). The summed E-state index contributed by atoms with van der Waals surface area (Å²) in [4.78, 5) is 27.6. The first-order chi connectivity index (χ1) is 15.7. The summed E-state index contributed by atoms with van der Waals surface area (Å²) in [6, 6.07) is 25.2. The molecule has 5 rings (SSSR count). The maximum atomic E-state index is 13.2. The Kier molecular flexibility index (Phi) is 5.50. The van der Waals surface area contributed by atoms with Crippen LogP contribution in [0.2, 0.25) is 0 Å². The second-order valence-corrected chi connectivity index (χ2v) is 8.13. The number of hydrogen-bond acceptors (Lipinski definition) is 4. The number of ether oxygens (including phenoxy) is 2. The molecule has 6 nitrogen and oxygen atoms in total. The average Bonchev–Trinajstić information content (AvgIpc) is 3.45. The Morgan fingerprint density at radius 2 is 1.59 bits per heavy atom. The summed E-state index contributed by atoms with van der Waals surface area (Å²) in [5.74, 6) is 0.901. The molecule has 0 aromatic heterocycles. The highest BCUT2D eigenvalue weighted by Gasteiger charge is 2.35. The normalized spacial score (nSPS) is 17.1. The SMILES string of the molecule is O=C(NC(c1ccccc1)c1ccccc1)C1CC(=O)N(Cc2ccc3c(c2)OCO3)C1. The molecule has 0 aliphatic carbocycles. The molecule has 32 heavy (non-hydrogen) atoms. The minimum absolute atomic E-state index is 0.0150. The molecule has 3 aromatic rings. The van der Waals surface area contributed by atoms with Crippen molar-refractivity contribution in [1.82, 2.24) is 10.2 Å². The third kappa shape index (κ3) is 4.17. The predicted octanol–water partition coefficient (Wildman–Crippen LogP) is 3.67. The second kappa shape index (κ2) is 8.75. The van der Waals surface area contributed by atoms with Gasteiger partial charge in [-0.05, 0) is 28.8 Å². The van der Waals surface area contributed by atoms with Gasteiger partial charge in [-0.3, -0.25) is 9.59 Å². The van der Waals surface area contributed by atoms with E-state index < -0.39 is 0 Å². The van der Waals surface area contributed by atoms with E-state index in [0.29, 0.717) is 24.6 Å². The van der Waals surface area contributed by atoms with E-state index in [0.717, 1.165) is 16.7 Å². The highest BCUT2D eigenvalue weighted by molar-refractivity contribution is 5.89. The smallest absolute Gasteiger partial charge is 0.231 e. The van der Waals surface area contributed by atoms with Gasteiger partial charge in [-0.15, -0.1) is 0 Å². The fraction of sp³-hybridized carbons (Fsp3) is 0.231. The third-order valence-electron chi connectivity index (χ3n) is 5.95. The molecule has 3 aromatic carbocycles. The Morgan fingerprint density at radius 1 is 0.938 bits per heavy atom. The van der Waals surface area contributed by atoms with Gasteiger partial charge in [0.05, 0.1) is 12.0 Å². The fourth-order valence-electron chi connectivity index (χ4n) is 4.27. The number of nitrogens with zero attached hydrogens (tertiary/aromatic N) is 1. The van der Waals surface area contributed by atoms with Crippen LogP contribution in [0.15, 0.2) is 78.9 Å². The maximum Gasteiger partial charge on any atom is 0.231 e. The van der Waals surface area contributed by atoms with Gasteiger partial charge in [-0.25, -0.2) is 0 Å². The molecule has 2 heterocycles. The molecule has 2 aliphatic rings. The van der Waals surface area contributed by atoms with Crippen molar-refractivity contribution in [3.05, 3.63) is 95.6 Å². The van der Waals surface area contributed by atoms with Crippen molar-refractivity contribution < 1.29 is 19.1 Å². The average molecular weight is 428 g/mol. The molecule has 1 N–H and O–H groups in total. The van der Waals surface area contributed by atoms with E-state index in [1.54, 1.807) is 4.90 Å². The summed E-state index contributed by atoms with van der Waals surface area (Å²) < 4.78 is 10.8. The molecular weight excluding hydrogens is 404 g/mol. The van der Waals surface area contributed by atoms with Crippen LogP contribution in [0.1, 0.15) is 29.2 Å². The number of hydrogen-bond donors (Lipinski definition) is 1. The monoisotopic (exact) mass is 428 g/mol. The number of carbonyl (C=O) groups excluding carboxylic acids is 2. The Bertz CT molecular complexity index is 1080. The minimum Gasteiger partial charge on any atom is -0.454 e. The molecule has 0 bridgehead atoms. The molecule has 6 heteroatoms. The summed E-state index contributed by atoms with van der Waals surface area (Å²) in [5, 5.41) is 3.18. The summed E-state index contributed by atoms with van der Waals surface area (Å²) in [7, 11) is 0. The van der Waals surface area contributed by atoms with Crippen LogP contribution < -0.4 is 14.8 Å². The molecule has 162 valence electrons. The van der Waals surface area contributed by atoms with Gasteiger partial charge in [-0.1, -0.05) is 66.7 Å². The quantitative estimate of drug-likeness (QED) is 0.651. The molecule has 2 aliphatic heterocycles. The lowest BCUT2D eigenvalue weighted by atomic mass is 9.97. The van der Waals surface area contributed by atoms with Gasteiger partial charge in [-0.2, -0.15) is 0 Å². The van der Waals surface area contributed by atoms with Gasteiger partial charge in [0.15, 0.2) is 11.5 Å². The van der Waals surface area contributed by atoms with E-state index >= 15 is 0 Å². The zero-order chi connectivity index (χ0) is 21.9. The predicted molar refractivity (Wildman–Crippen MR) is 119 cm³/mol. The lowest BCUT2D eigenvalue weighted by Crippen LogP contribution is -2.36. The van der Waals surface area contributed by atoms with E-state index in [1.165, 1.54) is 0 Å². The zero-order valence-corrected chi connectivity index (χ0v) is 17.6. The third-order valence-corrected chi connectivity index (χ3v) is 5.95. The van der Waals surface area contributed by atoms with E-state index in [-0.39, 0.29) is 37.0 Å². The molecule has 1 unspecified atom stereocenters. The topological polar surface area (TPSA) is 67.9 Å². The summed E-state index contributed by atoms with van der Waals surface area (Å²) in [6.45, 7) is 1.06. The lowest BCUT2D eigenvalue weighted by Gasteiger charge is -2.22. The van der Waals surface area contributed by atoms with Crippen molar-refractivity contribution in [2.45, 2.75) is 19.0 Å². The lowest BCUT2D eigenvalue weighted by molar-refractivity contribution is -0.129. The maximum absolute atomic E-state index is 13.2. The Morgan fingerprint density at radius 3 is 2.28 bits per heavy atom. The molecule has 2 amide bonds. The van der Waals surface area contributed by atoms with Crippen molar-refractivity contribution in [2.75, 3.05) is 13.3 Å². The molecule has 1 saturated heterocycles. The van der Waals surface area contributed by atoms with Gasteiger partial charge in [0.25, 0.3) is 0 Å². The van der Waals surface area contributed by atoms with Crippen LogP contribution in [0.5, 0.6) is 11.5 Å². The summed E-state index contributed by atoms with van der Waals surface area (Å²) >= 11 is 0. The largest absolute Gasteiger partial charge is 0.454 e. The van der Waals surface area contributed by atoms with Crippen molar-refractivity contribution in [2.24, 2.45) is 5.92 Å². The molecule has 0 saturated carbocycles. The molecular formula is C26H24N2O4. The van der Waals surface area contributed by atoms with Gasteiger partial charge >= 0.3 is 0 Å². The van der Waals surface area contributed by atoms with Crippen molar-refractivity contribution in [3.8, 4) is 11.5 Å². The molecule has 0 radical (unpaired) electrons. The number of amides is 2. The van der Waals surface area contributed by atoms with Crippen molar-refractivity contribution >= 4 is 11.8 Å². The Labute approximate surface area is 186 Å². The minimum atomic E-state index is -0.383. The summed E-state index contributed by atoms with van der Waals surface area (Å²) in [6.07, 6.45) is 0.215. The molecule has 0 spiro atoms. The van der Waals surface area contributed by atoms with Gasteiger partial charge in [0.2, 0.25) is 18.6 Å².